The number of carbonyl (C=O) groups excluding carboxylic acids is 1. The number of rotatable bonds is 3. The van der Waals surface area contributed by atoms with Gasteiger partial charge in [0.05, 0.1) is 17.8 Å². The van der Waals surface area contributed by atoms with E-state index >= 15 is 0 Å². The first-order chi connectivity index (χ1) is 10.6. The molecular weight excluding hydrogens is 274 g/mol. The Morgan fingerprint density at radius 1 is 1.14 bits per heavy atom. The second-order valence-corrected chi connectivity index (χ2v) is 5.67. The minimum absolute atomic E-state index is 0.0685. The predicted octanol–water partition coefficient (Wildman–Crippen LogP) is 2.94. The number of imidazole rings is 1. The molecule has 4 nitrogen and oxygen atoms in total. The molecule has 0 atom stereocenters. The summed E-state index contributed by atoms with van der Waals surface area (Å²) < 4.78 is 2.00. The number of carbonyl (C=O) groups is 1. The van der Waals surface area contributed by atoms with Crippen LogP contribution in [0.2, 0.25) is 0 Å². The van der Waals surface area contributed by atoms with E-state index in [1.807, 2.05) is 28.8 Å². The molecule has 0 saturated heterocycles. The molecule has 3 rings (SSSR count). The Labute approximate surface area is 130 Å². The molecule has 0 aliphatic carbocycles. The molecule has 1 amide bonds. The van der Waals surface area contributed by atoms with Crippen LogP contribution in [0.25, 0.3) is 16.9 Å². The number of likely N-dealkylation sites (N-methyl/N-ethyl adjacent to an activating group) is 1. The van der Waals surface area contributed by atoms with Crippen molar-refractivity contribution in [3.05, 3.63) is 59.9 Å². The molecule has 0 aliphatic rings. The summed E-state index contributed by atoms with van der Waals surface area (Å²) in [6.07, 6.45) is 2.29. The van der Waals surface area contributed by atoms with Crippen LogP contribution in [0.3, 0.4) is 0 Å². The number of hydrogen-bond acceptors (Lipinski definition) is 2. The van der Waals surface area contributed by atoms with Crippen LogP contribution in [0.5, 0.6) is 0 Å². The van der Waals surface area contributed by atoms with Gasteiger partial charge in [0.15, 0.2) is 0 Å². The fraction of sp³-hybridized carbons (Fsp3) is 0.222. The minimum Gasteiger partial charge on any atom is -0.348 e. The topological polar surface area (TPSA) is 37.6 Å². The highest BCUT2D eigenvalue weighted by Crippen LogP contribution is 2.25. The van der Waals surface area contributed by atoms with E-state index in [4.69, 9.17) is 4.98 Å². The minimum atomic E-state index is 0.0685. The molecule has 0 unspecified atom stereocenters. The standard InChI is InChI=1S/C18H19N3O/c1-13-7-9-14(10-8-13)18-15(12-17(22)20(2)3)21-11-5-4-6-16(21)19-18/h4-11H,12H2,1-3H3. The van der Waals surface area contributed by atoms with Crippen LogP contribution in [0, 0.1) is 6.92 Å². The monoisotopic (exact) mass is 293 g/mol. The summed E-state index contributed by atoms with van der Waals surface area (Å²) in [5.74, 6) is 0.0685. The molecular formula is C18H19N3O. The molecule has 0 radical (unpaired) electrons. The number of nitrogens with zero attached hydrogens (tertiary/aromatic N) is 3. The van der Waals surface area contributed by atoms with Crippen molar-refractivity contribution >= 4 is 11.6 Å². The number of aryl methyl sites for hydroxylation is 1. The van der Waals surface area contributed by atoms with Gasteiger partial charge in [-0.1, -0.05) is 35.9 Å². The van der Waals surface area contributed by atoms with E-state index < -0.39 is 0 Å². The number of hydrogen-bond donors (Lipinski definition) is 0. The summed E-state index contributed by atoms with van der Waals surface area (Å²) in [4.78, 5) is 18.5. The number of aromatic nitrogens is 2. The molecule has 0 saturated carbocycles. The highest BCUT2D eigenvalue weighted by atomic mass is 16.2. The van der Waals surface area contributed by atoms with Crippen LogP contribution in [0.4, 0.5) is 0 Å². The summed E-state index contributed by atoms with van der Waals surface area (Å²) in [5.41, 5.74) is 4.91. The Kier molecular flexibility index (Phi) is 3.67. The van der Waals surface area contributed by atoms with Crippen LogP contribution in [0.15, 0.2) is 48.7 Å². The second kappa shape index (κ2) is 5.64. The van der Waals surface area contributed by atoms with E-state index in [1.54, 1.807) is 19.0 Å². The van der Waals surface area contributed by atoms with E-state index in [1.165, 1.54) is 5.56 Å². The third-order valence-electron chi connectivity index (χ3n) is 3.77. The molecule has 0 fully saturated rings. The van der Waals surface area contributed by atoms with Crippen LogP contribution in [0.1, 0.15) is 11.3 Å². The van der Waals surface area contributed by atoms with Gasteiger partial charge < -0.3 is 9.30 Å². The van der Waals surface area contributed by atoms with Gasteiger partial charge in [0.2, 0.25) is 5.91 Å². The molecule has 0 aliphatic heterocycles. The lowest BCUT2D eigenvalue weighted by Gasteiger charge is -2.11. The zero-order chi connectivity index (χ0) is 15.7. The summed E-state index contributed by atoms with van der Waals surface area (Å²) >= 11 is 0. The van der Waals surface area contributed by atoms with E-state index in [0.717, 1.165) is 22.6 Å². The number of amides is 1. The Morgan fingerprint density at radius 3 is 2.55 bits per heavy atom. The Morgan fingerprint density at radius 2 is 1.86 bits per heavy atom. The molecule has 1 aromatic carbocycles. The van der Waals surface area contributed by atoms with Gasteiger partial charge in [0.25, 0.3) is 0 Å². The Hall–Kier alpha value is -2.62. The van der Waals surface area contributed by atoms with Crippen LogP contribution in [-0.2, 0) is 11.2 Å². The Balaban J connectivity index is 2.16. The molecule has 0 N–H and O–H groups in total. The average Bonchev–Trinajstić information content (AvgIpc) is 2.87. The van der Waals surface area contributed by atoms with Gasteiger partial charge in [-0.2, -0.15) is 0 Å². The van der Waals surface area contributed by atoms with Gasteiger partial charge in [-0.3, -0.25) is 4.79 Å². The van der Waals surface area contributed by atoms with Crippen LogP contribution in [-0.4, -0.2) is 34.3 Å². The Bertz CT molecular complexity index is 816. The fourth-order valence-corrected chi connectivity index (χ4v) is 2.46. The van der Waals surface area contributed by atoms with E-state index in [2.05, 4.69) is 31.2 Å². The van der Waals surface area contributed by atoms with Crippen molar-refractivity contribution in [3.8, 4) is 11.3 Å². The predicted molar refractivity (Wildman–Crippen MR) is 87.8 cm³/mol. The zero-order valence-electron chi connectivity index (χ0n) is 13.1. The molecule has 2 aromatic heterocycles. The van der Waals surface area contributed by atoms with Gasteiger partial charge in [0.1, 0.15) is 5.65 Å². The third kappa shape index (κ3) is 2.60. The highest BCUT2D eigenvalue weighted by molar-refractivity contribution is 5.81. The molecule has 2 heterocycles. The van der Waals surface area contributed by atoms with Gasteiger partial charge in [-0.25, -0.2) is 4.98 Å². The van der Waals surface area contributed by atoms with Crippen molar-refractivity contribution in [3.63, 3.8) is 0 Å². The molecule has 4 heteroatoms. The van der Waals surface area contributed by atoms with Crippen LogP contribution >= 0.6 is 0 Å². The smallest absolute Gasteiger partial charge is 0.228 e. The van der Waals surface area contributed by atoms with Crippen molar-refractivity contribution in [2.75, 3.05) is 14.1 Å². The average molecular weight is 293 g/mol. The van der Waals surface area contributed by atoms with Gasteiger partial charge in [0, 0.05) is 25.9 Å². The summed E-state index contributed by atoms with van der Waals surface area (Å²) in [7, 11) is 3.55. The quantitative estimate of drug-likeness (QED) is 0.744. The van der Waals surface area contributed by atoms with E-state index in [0.29, 0.717) is 6.42 Å². The van der Waals surface area contributed by atoms with Crippen molar-refractivity contribution in [2.45, 2.75) is 13.3 Å². The molecule has 112 valence electrons. The largest absolute Gasteiger partial charge is 0.348 e. The normalized spacial score (nSPS) is 10.9. The molecule has 0 spiro atoms. The summed E-state index contributed by atoms with van der Waals surface area (Å²) in [6.45, 7) is 2.06. The van der Waals surface area contributed by atoms with Gasteiger partial charge in [-0.05, 0) is 19.1 Å². The van der Waals surface area contributed by atoms with E-state index in [-0.39, 0.29) is 5.91 Å². The van der Waals surface area contributed by atoms with Crippen molar-refractivity contribution in [1.82, 2.24) is 14.3 Å². The zero-order valence-corrected chi connectivity index (χ0v) is 13.1. The maximum absolute atomic E-state index is 12.2. The third-order valence-corrected chi connectivity index (χ3v) is 3.77. The first kappa shape index (κ1) is 14.3. The van der Waals surface area contributed by atoms with Gasteiger partial charge >= 0.3 is 0 Å². The lowest BCUT2D eigenvalue weighted by Crippen LogP contribution is -2.24. The lowest BCUT2D eigenvalue weighted by molar-refractivity contribution is -0.128. The maximum atomic E-state index is 12.2. The first-order valence-electron chi connectivity index (χ1n) is 7.29. The highest BCUT2D eigenvalue weighted by Gasteiger charge is 2.17. The number of fused-ring (bicyclic) bond motifs is 1. The second-order valence-electron chi connectivity index (χ2n) is 5.67. The maximum Gasteiger partial charge on any atom is 0.228 e. The number of benzene rings is 1. The lowest BCUT2D eigenvalue weighted by atomic mass is 10.1. The van der Waals surface area contributed by atoms with Gasteiger partial charge in [-0.15, -0.1) is 0 Å². The summed E-state index contributed by atoms with van der Waals surface area (Å²) in [6, 6.07) is 14.1. The molecule has 3 aromatic rings. The number of pyridine rings is 1. The molecule has 22 heavy (non-hydrogen) atoms. The van der Waals surface area contributed by atoms with Crippen molar-refractivity contribution < 1.29 is 4.79 Å². The van der Waals surface area contributed by atoms with Crippen molar-refractivity contribution in [2.24, 2.45) is 0 Å². The van der Waals surface area contributed by atoms with Crippen LogP contribution < -0.4 is 0 Å². The first-order valence-corrected chi connectivity index (χ1v) is 7.29. The fourth-order valence-electron chi connectivity index (χ4n) is 2.46. The molecule has 0 bridgehead atoms. The summed E-state index contributed by atoms with van der Waals surface area (Å²) in [5, 5.41) is 0. The van der Waals surface area contributed by atoms with E-state index in [9.17, 15) is 4.79 Å². The van der Waals surface area contributed by atoms with Crippen molar-refractivity contribution in [1.29, 1.82) is 0 Å². The SMILES string of the molecule is Cc1ccc(-c2nc3ccccn3c2CC(=O)N(C)C)cc1.